The van der Waals surface area contributed by atoms with Crippen LogP contribution in [0.1, 0.15) is 53.9 Å². The zero-order valence-electron chi connectivity index (χ0n) is 11.7. The average Bonchev–Trinajstić information content (AvgIpc) is 2.07. The smallest absolute Gasteiger partial charge is 0.411 e. The van der Waals surface area contributed by atoms with Gasteiger partial charge in [-0.2, -0.15) is 0 Å². The van der Waals surface area contributed by atoms with Crippen LogP contribution in [0.5, 0.6) is 0 Å². The fourth-order valence-corrected chi connectivity index (χ4v) is 1.94. The Morgan fingerprint density at radius 2 is 1.82 bits per heavy atom. The van der Waals surface area contributed by atoms with Crippen LogP contribution >= 0.6 is 0 Å². The third kappa shape index (κ3) is 3.60. The summed E-state index contributed by atoms with van der Waals surface area (Å²) in [7, 11) is 0. The molecule has 17 heavy (non-hydrogen) atoms. The fraction of sp³-hybridized carbons (Fsp3) is 0.923. The van der Waals surface area contributed by atoms with Gasteiger partial charge in [-0.25, -0.2) is 4.79 Å². The normalized spacial score (nSPS) is 17.5. The van der Waals surface area contributed by atoms with E-state index in [0.717, 1.165) is 12.8 Å². The summed E-state index contributed by atoms with van der Waals surface area (Å²) in [5, 5.41) is 0. The first-order chi connectivity index (χ1) is 7.67. The van der Waals surface area contributed by atoms with Crippen LogP contribution < -0.4 is 5.73 Å². The minimum absolute atomic E-state index is 0.238. The molecular weight excluding hydrogens is 216 g/mol. The fourth-order valence-electron chi connectivity index (χ4n) is 1.94. The van der Waals surface area contributed by atoms with Crippen molar-refractivity contribution in [3.8, 4) is 0 Å². The highest BCUT2D eigenvalue weighted by Gasteiger charge is 2.40. The first kappa shape index (κ1) is 14.3. The van der Waals surface area contributed by atoms with E-state index in [1.54, 1.807) is 0 Å². The van der Waals surface area contributed by atoms with E-state index in [4.69, 9.17) is 10.5 Å². The standard InChI is InChI=1S/C13H26N2O2/c1-12(2,3)17-11(16)15(10-7-6-8-10)13(4,5)9-14/h10H,6-9,14H2,1-5H3. The van der Waals surface area contributed by atoms with Gasteiger partial charge < -0.3 is 10.5 Å². The lowest BCUT2D eigenvalue weighted by Gasteiger charge is -2.46. The second kappa shape index (κ2) is 4.84. The van der Waals surface area contributed by atoms with Gasteiger partial charge in [0.15, 0.2) is 0 Å². The largest absolute Gasteiger partial charge is 0.444 e. The molecule has 0 heterocycles. The first-order valence-corrected chi connectivity index (χ1v) is 6.40. The van der Waals surface area contributed by atoms with E-state index in [-0.39, 0.29) is 11.6 Å². The predicted molar refractivity (Wildman–Crippen MR) is 68.8 cm³/mol. The highest BCUT2D eigenvalue weighted by molar-refractivity contribution is 5.69. The Hall–Kier alpha value is -0.770. The number of hydrogen-bond donors (Lipinski definition) is 1. The summed E-state index contributed by atoms with van der Waals surface area (Å²) in [6.45, 7) is 10.1. The highest BCUT2D eigenvalue weighted by Crippen LogP contribution is 2.31. The topological polar surface area (TPSA) is 55.6 Å². The molecule has 0 radical (unpaired) electrons. The van der Waals surface area contributed by atoms with Crippen molar-refractivity contribution in [1.82, 2.24) is 4.90 Å². The predicted octanol–water partition coefficient (Wildman–Crippen LogP) is 2.51. The van der Waals surface area contributed by atoms with E-state index in [1.807, 2.05) is 39.5 Å². The molecule has 0 unspecified atom stereocenters. The van der Waals surface area contributed by atoms with Crippen molar-refractivity contribution in [3.63, 3.8) is 0 Å². The molecule has 1 aliphatic rings. The highest BCUT2D eigenvalue weighted by atomic mass is 16.6. The van der Waals surface area contributed by atoms with Crippen LogP contribution in [-0.4, -0.2) is 34.7 Å². The van der Waals surface area contributed by atoms with Crippen molar-refractivity contribution in [3.05, 3.63) is 0 Å². The van der Waals surface area contributed by atoms with Gasteiger partial charge in [0.25, 0.3) is 0 Å². The van der Waals surface area contributed by atoms with Crippen LogP contribution in [0.3, 0.4) is 0 Å². The van der Waals surface area contributed by atoms with Crippen molar-refractivity contribution in [2.75, 3.05) is 6.54 Å². The number of nitrogens with zero attached hydrogens (tertiary/aromatic N) is 1. The van der Waals surface area contributed by atoms with Crippen LogP contribution in [0.15, 0.2) is 0 Å². The Bertz CT molecular complexity index is 278. The van der Waals surface area contributed by atoms with Gasteiger partial charge in [-0.05, 0) is 53.9 Å². The zero-order valence-corrected chi connectivity index (χ0v) is 11.7. The lowest BCUT2D eigenvalue weighted by Crippen LogP contribution is -2.59. The summed E-state index contributed by atoms with van der Waals surface area (Å²) in [5.74, 6) is 0. The minimum atomic E-state index is -0.455. The monoisotopic (exact) mass is 242 g/mol. The number of nitrogens with two attached hydrogens (primary N) is 1. The molecule has 1 rings (SSSR count). The van der Waals surface area contributed by atoms with E-state index < -0.39 is 5.60 Å². The van der Waals surface area contributed by atoms with Crippen molar-refractivity contribution >= 4 is 6.09 Å². The van der Waals surface area contributed by atoms with Gasteiger partial charge in [-0.15, -0.1) is 0 Å². The molecule has 1 aliphatic carbocycles. The van der Waals surface area contributed by atoms with Gasteiger partial charge in [0.1, 0.15) is 5.60 Å². The molecule has 1 amide bonds. The van der Waals surface area contributed by atoms with Crippen LogP contribution in [0.25, 0.3) is 0 Å². The molecule has 0 aromatic heterocycles. The number of ether oxygens (including phenoxy) is 1. The van der Waals surface area contributed by atoms with E-state index in [9.17, 15) is 4.79 Å². The maximum absolute atomic E-state index is 12.2. The zero-order chi connectivity index (χ0) is 13.3. The molecule has 0 spiro atoms. The van der Waals surface area contributed by atoms with Gasteiger partial charge in [0.05, 0.1) is 5.54 Å². The Kier molecular flexibility index (Phi) is 4.07. The molecule has 2 N–H and O–H groups in total. The summed E-state index contributed by atoms with van der Waals surface area (Å²) in [4.78, 5) is 14.1. The Morgan fingerprint density at radius 3 is 2.12 bits per heavy atom. The van der Waals surface area contributed by atoms with Crippen LogP contribution in [0, 0.1) is 0 Å². The van der Waals surface area contributed by atoms with Gasteiger partial charge in [-0.1, -0.05) is 0 Å². The Morgan fingerprint density at radius 1 is 1.29 bits per heavy atom. The maximum atomic E-state index is 12.2. The molecule has 1 saturated carbocycles. The average molecular weight is 242 g/mol. The molecule has 0 bridgehead atoms. The molecule has 1 fully saturated rings. The van der Waals surface area contributed by atoms with Gasteiger partial charge in [0.2, 0.25) is 0 Å². The summed E-state index contributed by atoms with van der Waals surface area (Å²) in [6, 6.07) is 0.295. The molecule has 4 nitrogen and oxygen atoms in total. The van der Waals surface area contributed by atoms with Gasteiger partial charge in [-0.3, -0.25) is 4.90 Å². The summed E-state index contributed by atoms with van der Waals surface area (Å²) in [6.07, 6.45) is 3.06. The maximum Gasteiger partial charge on any atom is 0.411 e. The number of rotatable bonds is 3. The first-order valence-electron chi connectivity index (χ1n) is 6.40. The molecular formula is C13H26N2O2. The molecule has 100 valence electrons. The number of hydrogen-bond acceptors (Lipinski definition) is 3. The van der Waals surface area contributed by atoms with Gasteiger partial charge >= 0.3 is 6.09 Å². The van der Waals surface area contributed by atoms with Crippen molar-refractivity contribution < 1.29 is 9.53 Å². The third-order valence-electron chi connectivity index (χ3n) is 3.18. The number of amides is 1. The Labute approximate surface area is 104 Å². The van der Waals surface area contributed by atoms with E-state index in [2.05, 4.69) is 0 Å². The SMILES string of the molecule is CC(C)(C)OC(=O)N(C1CCC1)C(C)(C)CN. The van der Waals surface area contributed by atoms with Crippen LogP contribution in [0.2, 0.25) is 0 Å². The lowest BCUT2D eigenvalue weighted by molar-refractivity contribution is -0.0221. The number of carbonyl (C=O) groups excluding carboxylic acids is 1. The van der Waals surface area contributed by atoms with E-state index in [1.165, 1.54) is 6.42 Å². The molecule has 0 saturated heterocycles. The second-order valence-electron chi connectivity index (χ2n) is 6.45. The Balaban J connectivity index is 2.79. The molecule has 0 atom stereocenters. The molecule has 0 aromatic rings. The molecule has 0 aromatic carbocycles. The summed E-state index contributed by atoms with van der Waals surface area (Å²) < 4.78 is 5.48. The quantitative estimate of drug-likeness (QED) is 0.827. The third-order valence-corrected chi connectivity index (χ3v) is 3.18. The second-order valence-corrected chi connectivity index (χ2v) is 6.45. The number of carbonyl (C=O) groups is 1. The summed E-state index contributed by atoms with van der Waals surface area (Å²) >= 11 is 0. The lowest BCUT2D eigenvalue weighted by atomic mass is 9.87. The van der Waals surface area contributed by atoms with Crippen molar-refractivity contribution in [2.45, 2.75) is 71.1 Å². The van der Waals surface area contributed by atoms with Crippen LogP contribution in [0.4, 0.5) is 4.79 Å². The van der Waals surface area contributed by atoms with Crippen LogP contribution in [-0.2, 0) is 4.74 Å². The summed E-state index contributed by atoms with van der Waals surface area (Å²) in [5.41, 5.74) is 4.98. The molecule has 0 aliphatic heterocycles. The van der Waals surface area contributed by atoms with Crippen molar-refractivity contribution in [1.29, 1.82) is 0 Å². The van der Waals surface area contributed by atoms with E-state index in [0.29, 0.717) is 12.6 Å². The molecule has 4 heteroatoms. The van der Waals surface area contributed by atoms with Gasteiger partial charge in [0, 0.05) is 12.6 Å². The minimum Gasteiger partial charge on any atom is -0.444 e. The van der Waals surface area contributed by atoms with E-state index >= 15 is 0 Å². The van der Waals surface area contributed by atoms with Crippen molar-refractivity contribution in [2.24, 2.45) is 5.73 Å².